The number of esters is 1. The molecule has 70 heavy (non-hydrogen) atoms. The van der Waals surface area contributed by atoms with Crippen molar-refractivity contribution in [3.05, 3.63) is 192 Å². The summed E-state index contributed by atoms with van der Waals surface area (Å²) in [4.78, 5) is 57.7. The number of ether oxygens (including phenoxy) is 1. The van der Waals surface area contributed by atoms with Crippen molar-refractivity contribution in [2.75, 3.05) is 7.11 Å². The number of nitrogens with zero attached hydrogens (tertiary/aromatic N) is 4. The Kier molecular flexibility index (Phi) is 15.2. The Morgan fingerprint density at radius 2 is 1.04 bits per heavy atom. The van der Waals surface area contributed by atoms with Crippen molar-refractivity contribution in [2.45, 2.75) is 6.54 Å². The predicted molar refractivity (Wildman–Crippen MR) is 277 cm³/mol. The molecule has 12 nitrogen and oxygen atoms in total. The van der Waals surface area contributed by atoms with Crippen LogP contribution in [0, 0.1) is 0 Å². The first-order valence-corrected chi connectivity index (χ1v) is 24.1. The molecule has 0 aliphatic rings. The fraction of sp³-hybridized carbons (Fsp3) is 0.0577. The molecule has 3 heterocycles. The van der Waals surface area contributed by atoms with E-state index in [2.05, 4.69) is 20.4 Å². The number of benzene rings is 6. The number of rotatable bonds is 12. The number of halogens is 4. The van der Waals surface area contributed by atoms with Gasteiger partial charge >= 0.3 is 17.9 Å². The van der Waals surface area contributed by atoms with Crippen LogP contribution in [0.15, 0.2) is 144 Å². The van der Waals surface area contributed by atoms with Crippen LogP contribution in [0.25, 0.3) is 65.9 Å². The fourth-order valence-electron chi connectivity index (χ4n) is 7.14. The largest absolute Gasteiger partial charge is 0.478 e. The minimum atomic E-state index is -1.05. The maximum absolute atomic E-state index is 12.6. The first-order valence-electron chi connectivity index (χ1n) is 20.8. The van der Waals surface area contributed by atoms with E-state index in [4.69, 9.17) is 56.2 Å². The Balaban J connectivity index is 0.000000191. The maximum Gasteiger partial charge on any atom is 0.338 e. The summed E-state index contributed by atoms with van der Waals surface area (Å²) in [6.45, 7) is 0.352. The Labute approximate surface area is 428 Å². The van der Waals surface area contributed by atoms with Gasteiger partial charge in [0.15, 0.2) is 0 Å². The molecule has 0 radical (unpaired) electrons. The van der Waals surface area contributed by atoms with Crippen LogP contribution in [0.1, 0.15) is 47.1 Å². The molecule has 0 saturated heterocycles. The first kappa shape index (κ1) is 49.3. The number of carbonyl (C=O) groups excluding carboxylic acids is 2. The molecule has 0 aliphatic heterocycles. The number of carbonyl (C=O) groups is 4. The van der Waals surface area contributed by atoms with Gasteiger partial charge in [-0.1, -0.05) is 107 Å². The van der Waals surface area contributed by atoms with E-state index < -0.39 is 17.9 Å². The number of hydrogen-bond donors (Lipinski definition) is 3. The number of thiazole rings is 2. The summed E-state index contributed by atoms with van der Waals surface area (Å²) in [5.74, 6) is -2.79. The van der Waals surface area contributed by atoms with Gasteiger partial charge in [0, 0.05) is 51.8 Å². The molecule has 0 unspecified atom stereocenters. The van der Waals surface area contributed by atoms with Crippen LogP contribution < -0.4 is 5.32 Å². The molecule has 0 atom stereocenters. The van der Waals surface area contributed by atoms with Crippen molar-refractivity contribution < 1.29 is 34.1 Å². The molecule has 6 aromatic carbocycles. The lowest BCUT2D eigenvalue weighted by atomic mass is 9.96. The van der Waals surface area contributed by atoms with Crippen molar-refractivity contribution in [3.63, 3.8) is 0 Å². The normalized spacial score (nSPS) is 10.8. The topological polar surface area (TPSA) is 174 Å². The zero-order valence-corrected chi connectivity index (χ0v) is 41.3. The Morgan fingerprint density at radius 1 is 0.571 bits per heavy atom. The average molecular weight is 1050 g/mol. The second-order valence-corrected chi connectivity index (χ2v) is 18.6. The molecule has 1 amide bonds. The van der Waals surface area contributed by atoms with Gasteiger partial charge in [-0.2, -0.15) is 5.10 Å². The van der Waals surface area contributed by atoms with Crippen LogP contribution in [0.4, 0.5) is 0 Å². The van der Waals surface area contributed by atoms with E-state index in [0.29, 0.717) is 70.6 Å². The highest BCUT2D eigenvalue weighted by Crippen LogP contribution is 2.37. The zero-order valence-electron chi connectivity index (χ0n) is 36.6. The predicted octanol–water partition coefficient (Wildman–Crippen LogP) is 13.7. The molecule has 0 saturated carbocycles. The van der Waals surface area contributed by atoms with Crippen LogP contribution in [0.3, 0.4) is 0 Å². The van der Waals surface area contributed by atoms with Gasteiger partial charge in [0.25, 0.3) is 5.91 Å². The first-order chi connectivity index (χ1) is 33.7. The van der Waals surface area contributed by atoms with Crippen molar-refractivity contribution in [1.29, 1.82) is 0 Å². The highest BCUT2D eigenvalue weighted by Gasteiger charge is 2.19. The highest BCUT2D eigenvalue weighted by atomic mass is 35.5. The lowest BCUT2D eigenvalue weighted by molar-refractivity contribution is 0.0599. The fourth-order valence-corrected chi connectivity index (χ4v) is 9.39. The molecular formula is C52H35Cl4N5O7S2. The van der Waals surface area contributed by atoms with Gasteiger partial charge in [0.1, 0.15) is 10.0 Å². The van der Waals surface area contributed by atoms with E-state index in [1.807, 2.05) is 48.1 Å². The molecule has 3 aromatic heterocycles. The smallest absolute Gasteiger partial charge is 0.338 e. The molecule has 0 bridgehead atoms. The minimum Gasteiger partial charge on any atom is -0.478 e. The van der Waals surface area contributed by atoms with Crippen LogP contribution in [0.5, 0.6) is 0 Å². The molecule has 18 heteroatoms. The van der Waals surface area contributed by atoms with Crippen LogP contribution >= 0.6 is 69.1 Å². The van der Waals surface area contributed by atoms with Gasteiger partial charge in [-0.25, -0.2) is 24.4 Å². The Morgan fingerprint density at radius 3 is 1.50 bits per heavy atom. The number of nitrogens with one attached hydrogen (secondary N) is 1. The molecule has 350 valence electrons. The Hall–Kier alpha value is -7.17. The number of methoxy groups -OCH3 is 1. The van der Waals surface area contributed by atoms with Gasteiger partial charge < -0.3 is 20.3 Å². The molecule has 0 aliphatic carbocycles. The third-order valence-electron chi connectivity index (χ3n) is 10.9. The monoisotopic (exact) mass is 1050 g/mol. The SMILES string of the molecule is COC(=O)c1cc(-c2nc(-c3ccc(Cl)c(Cl)c3)cs2)ccc1-c1ccc(C(=O)O)cc1.Cn1nccc1CNC(=O)c1ccc(-c2ccc(-c3nc(-c4ccc(Cl)c(Cl)c4)cs3)cc2C(=O)O)cc1. The lowest BCUT2D eigenvalue weighted by Crippen LogP contribution is -2.23. The lowest BCUT2D eigenvalue weighted by Gasteiger charge is -2.10. The third-order valence-corrected chi connectivity index (χ3v) is 14.1. The van der Waals surface area contributed by atoms with E-state index in [-0.39, 0.29) is 17.0 Å². The number of carboxylic acid groups (broad SMARTS) is 2. The van der Waals surface area contributed by atoms with E-state index in [0.717, 1.165) is 38.8 Å². The van der Waals surface area contributed by atoms with Crippen LogP contribution in [0.2, 0.25) is 20.1 Å². The van der Waals surface area contributed by atoms with Crippen molar-refractivity contribution in [3.8, 4) is 65.9 Å². The number of aromatic nitrogens is 4. The number of carboxylic acids is 2. The number of amides is 1. The van der Waals surface area contributed by atoms with E-state index in [9.17, 15) is 24.3 Å². The average Bonchev–Trinajstić information content (AvgIpc) is 4.17. The standard InChI is InChI=1S/C28H20Cl2N4O3S.C24H15Cl2NO4S/c1-34-20(10-11-32-34)14-31-26(35)17-4-2-16(3-5-17)21-8-6-19(12-22(21)28(36)37)27-33-25(15-38-27)18-7-9-23(29)24(30)13-18;1-31-24(30)18-10-16(6-8-17(18)13-2-4-14(5-3-13)23(28)29)22-27-21(12-32-22)15-7-9-19(25)20(26)11-15/h2-13,15H,14H2,1H3,(H,31,35)(H,36,37);2-12H,1H3,(H,28,29). The second-order valence-electron chi connectivity index (χ2n) is 15.2. The second kappa shape index (κ2) is 21.6. The van der Waals surface area contributed by atoms with Gasteiger partial charge in [-0.3, -0.25) is 9.48 Å². The quantitative estimate of drug-likeness (QED) is 0.0999. The highest BCUT2D eigenvalue weighted by molar-refractivity contribution is 7.13. The number of aromatic carboxylic acids is 2. The van der Waals surface area contributed by atoms with Crippen molar-refractivity contribution >= 4 is 92.9 Å². The zero-order chi connectivity index (χ0) is 49.6. The number of hydrogen-bond acceptors (Lipinski definition) is 10. The summed E-state index contributed by atoms with van der Waals surface area (Å²) in [5.41, 5.74) is 9.18. The molecular weight excluding hydrogens is 1010 g/mol. The van der Waals surface area contributed by atoms with E-state index in [1.54, 1.807) is 95.8 Å². The van der Waals surface area contributed by atoms with Gasteiger partial charge in [0.2, 0.25) is 0 Å². The van der Waals surface area contributed by atoms with Gasteiger partial charge in [-0.05, 0) is 89.0 Å². The van der Waals surface area contributed by atoms with E-state index in [1.165, 1.54) is 41.9 Å². The number of aryl methyl sites for hydroxylation is 1. The van der Waals surface area contributed by atoms with E-state index >= 15 is 0 Å². The van der Waals surface area contributed by atoms with Gasteiger partial charge in [0.05, 0.1) is 67.5 Å². The Bertz CT molecular complexity index is 3450. The minimum absolute atomic E-state index is 0.141. The molecule has 0 spiro atoms. The molecule has 3 N–H and O–H groups in total. The van der Waals surface area contributed by atoms with Crippen LogP contribution in [-0.2, 0) is 18.3 Å². The van der Waals surface area contributed by atoms with Crippen LogP contribution in [-0.4, -0.2) is 60.9 Å². The van der Waals surface area contributed by atoms with Crippen molar-refractivity contribution in [1.82, 2.24) is 25.1 Å². The summed E-state index contributed by atoms with van der Waals surface area (Å²) in [6.07, 6.45) is 1.67. The van der Waals surface area contributed by atoms with Crippen molar-refractivity contribution in [2.24, 2.45) is 7.05 Å². The summed E-state index contributed by atoms with van der Waals surface area (Å²) in [7, 11) is 3.13. The van der Waals surface area contributed by atoms with Gasteiger partial charge in [-0.15, -0.1) is 22.7 Å². The summed E-state index contributed by atoms with van der Waals surface area (Å²) in [6, 6.07) is 36.2. The molecule has 9 aromatic rings. The summed E-state index contributed by atoms with van der Waals surface area (Å²) in [5, 5.41) is 33.0. The molecule has 0 fully saturated rings. The molecule has 9 rings (SSSR count). The maximum atomic E-state index is 12.6. The third kappa shape index (κ3) is 11.1. The summed E-state index contributed by atoms with van der Waals surface area (Å²) < 4.78 is 6.67. The summed E-state index contributed by atoms with van der Waals surface area (Å²) >= 11 is 27.1.